The third-order valence-corrected chi connectivity index (χ3v) is 1.54. The van der Waals surface area contributed by atoms with E-state index in [-0.39, 0.29) is 12.5 Å². The molecule has 0 aliphatic rings. The van der Waals surface area contributed by atoms with E-state index in [9.17, 15) is 9.59 Å². The molecule has 0 aliphatic heterocycles. The average molecular weight is 223 g/mol. The van der Waals surface area contributed by atoms with Crippen LogP contribution in [0.15, 0.2) is 18.3 Å². The fourth-order valence-electron chi connectivity index (χ4n) is 0.881. The quantitative estimate of drug-likeness (QED) is 0.751. The van der Waals surface area contributed by atoms with Crippen LogP contribution in [0, 0.1) is 6.92 Å². The maximum Gasteiger partial charge on any atom is 0.243 e. The number of pyridine rings is 1. The van der Waals surface area contributed by atoms with Gasteiger partial charge in [0, 0.05) is 5.69 Å². The summed E-state index contributed by atoms with van der Waals surface area (Å²) in [5.74, 6) is -0.275. The first-order valence-electron chi connectivity index (χ1n) is 5.12. The fraction of sp³-hybridized carbons (Fsp3) is 0.364. The second-order valence-corrected chi connectivity index (χ2v) is 2.74. The van der Waals surface area contributed by atoms with E-state index in [0.717, 1.165) is 5.69 Å². The molecule has 2 N–H and O–H groups in total. The molecule has 2 amide bonds. The van der Waals surface area contributed by atoms with Gasteiger partial charge in [0.05, 0.1) is 18.4 Å². The Hall–Kier alpha value is -1.91. The Balaban J connectivity index is 0.00000106. The normalized spacial score (nSPS) is 8.44. The van der Waals surface area contributed by atoms with Crippen molar-refractivity contribution in [2.45, 2.75) is 20.8 Å². The van der Waals surface area contributed by atoms with E-state index in [0.29, 0.717) is 12.1 Å². The molecule has 0 radical (unpaired) electrons. The molecule has 1 rings (SSSR count). The third kappa shape index (κ3) is 5.74. The standard InChI is InChI=1S/C9H11N3O2.C2H6/c1-7-2-3-8(4-11-7)12-9(14)5-10-6-13;1-2/h2-4,6H,5H2,1H3,(H,10,13)(H,12,14);1-2H3. The molecular weight excluding hydrogens is 206 g/mol. The van der Waals surface area contributed by atoms with Gasteiger partial charge in [0.1, 0.15) is 0 Å². The van der Waals surface area contributed by atoms with Crippen molar-refractivity contribution in [3.05, 3.63) is 24.0 Å². The van der Waals surface area contributed by atoms with Crippen molar-refractivity contribution in [2.24, 2.45) is 0 Å². The van der Waals surface area contributed by atoms with Crippen LogP contribution < -0.4 is 10.6 Å². The number of aromatic nitrogens is 1. The molecule has 0 saturated heterocycles. The van der Waals surface area contributed by atoms with E-state index in [1.807, 2.05) is 20.8 Å². The Morgan fingerprint density at radius 1 is 1.44 bits per heavy atom. The van der Waals surface area contributed by atoms with Gasteiger partial charge in [-0.25, -0.2) is 0 Å². The summed E-state index contributed by atoms with van der Waals surface area (Å²) < 4.78 is 0. The smallest absolute Gasteiger partial charge is 0.243 e. The van der Waals surface area contributed by atoms with Crippen LogP contribution in [0.25, 0.3) is 0 Å². The van der Waals surface area contributed by atoms with Gasteiger partial charge in [0.25, 0.3) is 0 Å². The minimum Gasteiger partial charge on any atom is -0.350 e. The van der Waals surface area contributed by atoms with Crippen LogP contribution in [0.1, 0.15) is 19.5 Å². The van der Waals surface area contributed by atoms with E-state index in [4.69, 9.17) is 0 Å². The Morgan fingerprint density at radius 2 is 2.12 bits per heavy atom. The predicted molar refractivity (Wildman–Crippen MR) is 63.0 cm³/mol. The number of carbonyl (C=O) groups excluding carboxylic acids is 2. The summed E-state index contributed by atoms with van der Waals surface area (Å²) in [6.07, 6.45) is 2.04. The Labute approximate surface area is 95.3 Å². The second kappa shape index (κ2) is 8.40. The number of nitrogens with zero attached hydrogens (tertiary/aromatic N) is 1. The molecule has 1 aromatic rings. The average Bonchev–Trinajstić information content (AvgIpc) is 2.32. The maximum absolute atomic E-state index is 11.1. The lowest BCUT2D eigenvalue weighted by molar-refractivity contribution is -0.118. The largest absolute Gasteiger partial charge is 0.350 e. The molecule has 5 heteroatoms. The Morgan fingerprint density at radius 3 is 2.62 bits per heavy atom. The van der Waals surface area contributed by atoms with E-state index in [2.05, 4.69) is 15.6 Å². The van der Waals surface area contributed by atoms with Crippen LogP contribution >= 0.6 is 0 Å². The highest BCUT2D eigenvalue weighted by atomic mass is 16.2. The van der Waals surface area contributed by atoms with E-state index >= 15 is 0 Å². The molecule has 0 fully saturated rings. The molecule has 16 heavy (non-hydrogen) atoms. The molecule has 0 unspecified atom stereocenters. The number of anilines is 1. The molecular formula is C11H17N3O2. The van der Waals surface area contributed by atoms with Gasteiger partial charge >= 0.3 is 0 Å². The number of amides is 2. The van der Waals surface area contributed by atoms with Crippen LogP contribution in [-0.4, -0.2) is 23.8 Å². The van der Waals surface area contributed by atoms with Gasteiger partial charge in [0.15, 0.2) is 0 Å². The van der Waals surface area contributed by atoms with E-state index in [1.54, 1.807) is 18.3 Å². The van der Waals surface area contributed by atoms with Crippen molar-refractivity contribution in [3.63, 3.8) is 0 Å². The van der Waals surface area contributed by atoms with Crippen molar-refractivity contribution in [3.8, 4) is 0 Å². The SMILES string of the molecule is CC.Cc1ccc(NC(=O)CNC=O)cn1. The van der Waals surface area contributed by atoms with E-state index < -0.39 is 0 Å². The highest BCUT2D eigenvalue weighted by Crippen LogP contribution is 2.04. The molecule has 0 spiro atoms. The Kier molecular flexibility index (Phi) is 7.40. The molecule has 88 valence electrons. The van der Waals surface area contributed by atoms with Crippen molar-refractivity contribution >= 4 is 18.0 Å². The van der Waals surface area contributed by atoms with Gasteiger partial charge in [-0.1, -0.05) is 13.8 Å². The number of hydrogen-bond acceptors (Lipinski definition) is 3. The number of carbonyl (C=O) groups is 2. The van der Waals surface area contributed by atoms with Crippen molar-refractivity contribution in [2.75, 3.05) is 11.9 Å². The number of nitrogens with one attached hydrogen (secondary N) is 2. The van der Waals surface area contributed by atoms with Gasteiger partial charge in [-0.2, -0.15) is 0 Å². The van der Waals surface area contributed by atoms with Crippen molar-refractivity contribution < 1.29 is 9.59 Å². The summed E-state index contributed by atoms with van der Waals surface area (Å²) in [5.41, 5.74) is 1.50. The lowest BCUT2D eigenvalue weighted by Crippen LogP contribution is -2.26. The monoisotopic (exact) mass is 223 g/mol. The maximum atomic E-state index is 11.1. The summed E-state index contributed by atoms with van der Waals surface area (Å²) in [7, 11) is 0. The number of rotatable bonds is 4. The van der Waals surface area contributed by atoms with Crippen LogP contribution in [-0.2, 0) is 9.59 Å². The zero-order valence-electron chi connectivity index (χ0n) is 9.78. The minimum absolute atomic E-state index is 0.0304. The van der Waals surface area contributed by atoms with Crippen LogP contribution in [0.5, 0.6) is 0 Å². The molecule has 5 nitrogen and oxygen atoms in total. The first kappa shape index (κ1) is 14.1. The van der Waals surface area contributed by atoms with Gasteiger partial charge < -0.3 is 10.6 Å². The number of aryl methyl sites for hydroxylation is 1. The van der Waals surface area contributed by atoms with Gasteiger partial charge in [-0.15, -0.1) is 0 Å². The molecule has 0 aliphatic carbocycles. The molecule has 1 heterocycles. The summed E-state index contributed by atoms with van der Waals surface area (Å²) >= 11 is 0. The van der Waals surface area contributed by atoms with Crippen LogP contribution in [0.2, 0.25) is 0 Å². The zero-order chi connectivity index (χ0) is 12.4. The van der Waals surface area contributed by atoms with Crippen molar-refractivity contribution in [1.82, 2.24) is 10.3 Å². The highest BCUT2D eigenvalue weighted by Gasteiger charge is 2.00. The van der Waals surface area contributed by atoms with Gasteiger partial charge in [0.2, 0.25) is 12.3 Å². The highest BCUT2D eigenvalue weighted by molar-refractivity contribution is 5.92. The Bertz CT molecular complexity index is 323. The fourth-order valence-corrected chi connectivity index (χ4v) is 0.881. The third-order valence-electron chi connectivity index (χ3n) is 1.54. The number of hydrogen-bond donors (Lipinski definition) is 2. The molecule has 1 aromatic heterocycles. The molecule has 0 saturated carbocycles. The van der Waals surface area contributed by atoms with Gasteiger partial charge in [-0.05, 0) is 19.1 Å². The van der Waals surface area contributed by atoms with Gasteiger partial charge in [-0.3, -0.25) is 14.6 Å². The predicted octanol–water partition coefficient (Wildman–Crippen LogP) is 1.10. The zero-order valence-corrected chi connectivity index (χ0v) is 9.78. The molecule has 0 atom stereocenters. The van der Waals surface area contributed by atoms with Crippen molar-refractivity contribution in [1.29, 1.82) is 0 Å². The molecule has 0 aromatic carbocycles. The first-order valence-corrected chi connectivity index (χ1v) is 5.12. The topological polar surface area (TPSA) is 71.1 Å². The lowest BCUT2D eigenvalue weighted by atomic mass is 10.3. The summed E-state index contributed by atoms with van der Waals surface area (Å²) in [5, 5.41) is 4.85. The van der Waals surface area contributed by atoms with Crippen LogP contribution in [0.4, 0.5) is 5.69 Å². The lowest BCUT2D eigenvalue weighted by Gasteiger charge is -2.03. The molecule has 0 bridgehead atoms. The van der Waals surface area contributed by atoms with Crippen LogP contribution in [0.3, 0.4) is 0 Å². The summed E-state index contributed by atoms with van der Waals surface area (Å²) in [6, 6.07) is 3.55. The van der Waals surface area contributed by atoms with E-state index in [1.165, 1.54) is 0 Å². The second-order valence-electron chi connectivity index (χ2n) is 2.74. The minimum atomic E-state index is -0.275. The summed E-state index contributed by atoms with van der Waals surface area (Å²) in [6.45, 7) is 5.83. The summed E-state index contributed by atoms with van der Waals surface area (Å²) in [4.78, 5) is 25.0. The first-order chi connectivity index (χ1) is 7.72.